The van der Waals surface area contributed by atoms with Gasteiger partial charge in [0.1, 0.15) is 6.54 Å². The first kappa shape index (κ1) is 9.96. The summed E-state index contributed by atoms with van der Waals surface area (Å²) in [6.45, 7) is 2.19. The van der Waals surface area contributed by atoms with E-state index < -0.39 is 0 Å². The summed E-state index contributed by atoms with van der Waals surface area (Å²) in [6.07, 6.45) is 0. The quantitative estimate of drug-likeness (QED) is 0.731. The molecule has 0 unspecified atom stereocenters. The van der Waals surface area contributed by atoms with Gasteiger partial charge in [-0.2, -0.15) is 5.26 Å². The molecule has 13 heavy (non-hydrogen) atoms. The number of rotatable bonds is 3. The van der Waals surface area contributed by atoms with E-state index in [1.54, 1.807) is 4.90 Å². The van der Waals surface area contributed by atoms with Crippen molar-refractivity contribution in [3.8, 4) is 6.07 Å². The second kappa shape index (κ2) is 4.21. The van der Waals surface area contributed by atoms with Crippen LogP contribution in [0.1, 0.15) is 10.6 Å². The summed E-state index contributed by atoms with van der Waals surface area (Å²) in [5, 5.41) is 18.2. The Morgan fingerprint density at radius 1 is 1.69 bits per heavy atom. The average molecular weight is 197 g/mol. The summed E-state index contributed by atoms with van der Waals surface area (Å²) in [7, 11) is 1.81. The van der Waals surface area contributed by atoms with Crippen LogP contribution in [0.15, 0.2) is 0 Å². The van der Waals surface area contributed by atoms with Gasteiger partial charge in [-0.1, -0.05) is 0 Å². The Balaban J connectivity index is 2.85. The van der Waals surface area contributed by atoms with Gasteiger partial charge in [-0.05, 0) is 6.92 Å². The molecule has 1 heterocycles. The zero-order valence-electron chi connectivity index (χ0n) is 7.61. The van der Waals surface area contributed by atoms with Crippen LogP contribution in [-0.4, -0.2) is 23.7 Å². The van der Waals surface area contributed by atoms with Crippen LogP contribution in [0.5, 0.6) is 0 Å². The molecule has 4 nitrogen and oxygen atoms in total. The van der Waals surface area contributed by atoms with Crippen LogP contribution < -0.4 is 4.90 Å². The second-order valence-corrected chi connectivity index (χ2v) is 3.85. The Kier molecular flexibility index (Phi) is 3.23. The van der Waals surface area contributed by atoms with Crippen LogP contribution in [0.3, 0.4) is 0 Å². The third kappa shape index (κ3) is 2.17. The minimum Gasteiger partial charge on any atom is -0.390 e. The van der Waals surface area contributed by atoms with Gasteiger partial charge in [0.15, 0.2) is 5.13 Å². The number of aliphatic hydroxyl groups excluding tert-OH is 1. The highest BCUT2D eigenvalue weighted by Crippen LogP contribution is 2.24. The van der Waals surface area contributed by atoms with E-state index in [2.05, 4.69) is 4.98 Å². The summed E-state index contributed by atoms with van der Waals surface area (Å²) in [5.41, 5.74) is 0.699. The molecule has 0 amide bonds. The lowest BCUT2D eigenvalue weighted by molar-refractivity contribution is 0.277. The molecule has 1 aromatic rings. The van der Waals surface area contributed by atoms with Crippen molar-refractivity contribution in [1.82, 2.24) is 4.98 Å². The van der Waals surface area contributed by atoms with Crippen molar-refractivity contribution in [1.29, 1.82) is 5.26 Å². The summed E-state index contributed by atoms with van der Waals surface area (Å²) in [6, 6.07) is 2.04. The third-order valence-electron chi connectivity index (χ3n) is 1.67. The first-order chi connectivity index (χ1) is 6.19. The maximum Gasteiger partial charge on any atom is 0.186 e. The zero-order valence-corrected chi connectivity index (χ0v) is 8.43. The fraction of sp³-hybridized carbons (Fsp3) is 0.500. The molecule has 0 aliphatic rings. The number of aryl methyl sites for hydroxylation is 1. The molecule has 5 heteroatoms. The summed E-state index contributed by atoms with van der Waals surface area (Å²) < 4.78 is 0. The molecular formula is C8H11N3OS. The predicted octanol–water partition coefficient (Wildman–Crippen LogP) is 0.904. The number of hydrogen-bond donors (Lipinski definition) is 1. The highest BCUT2D eigenvalue weighted by Gasteiger charge is 2.09. The van der Waals surface area contributed by atoms with Crippen molar-refractivity contribution in [3.05, 3.63) is 10.6 Å². The number of nitrogens with zero attached hydrogens (tertiary/aromatic N) is 3. The molecule has 0 aliphatic heterocycles. The minimum atomic E-state index is -0.0390. The minimum absolute atomic E-state index is 0.0390. The van der Waals surface area contributed by atoms with Gasteiger partial charge in [-0.15, -0.1) is 11.3 Å². The molecule has 1 N–H and O–H groups in total. The maximum atomic E-state index is 8.90. The van der Waals surface area contributed by atoms with Gasteiger partial charge in [-0.3, -0.25) is 0 Å². The molecular weight excluding hydrogens is 186 g/mol. The van der Waals surface area contributed by atoms with E-state index in [9.17, 15) is 0 Å². The van der Waals surface area contributed by atoms with E-state index in [1.807, 2.05) is 20.0 Å². The number of aromatic nitrogens is 1. The number of hydrogen-bond acceptors (Lipinski definition) is 5. The first-order valence-electron chi connectivity index (χ1n) is 3.84. The molecule has 0 spiro atoms. The van der Waals surface area contributed by atoms with E-state index in [1.165, 1.54) is 11.3 Å². The van der Waals surface area contributed by atoms with Crippen molar-refractivity contribution in [2.24, 2.45) is 0 Å². The number of anilines is 1. The Bertz CT molecular complexity index is 329. The van der Waals surface area contributed by atoms with E-state index in [4.69, 9.17) is 10.4 Å². The third-order valence-corrected chi connectivity index (χ3v) is 2.79. The molecule has 0 saturated heterocycles. The Morgan fingerprint density at radius 2 is 2.38 bits per heavy atom. The molecule has 0 atom stereocenters. The van der Waals surface area contributed by atoms with Crippen molar-refractivity contribution < 1.29 is 5.11 Å². The van der Waals surface area contributed by atoms with Crippen LogP contribution in [-0.2, 0) is 6.61 Å². The maximum absolute atomic E-state index is 8.90. The van der Waals surface area contributed by atoms with E-state index >= 15 is 0 Å². The van der Waals surface area contributed by atoms with Gasteiger partial charge >= 0.3 is 0 Å². The van der Waals surface area contributed by atoms with Gasteiger partial charge in [0.25, 0.3) is 0 Å². The van der Waals surface area contributed by atoms with Crippen LogP contribution >= 0.6 is 11.3 Å². The lowest BCUT2D eigenvalue weighted by Gasteiger charge is -2.09. The topological polar surface area (TPSA) is 60.2 Å². The molecule has 0 bridgehead atoms. The lowest BCUT2D eigenvalue weighted by Crippen LogP contribution is -2.16. The average Bonchev–Trinajstić information content (AvgIpc) is 2.47. The Labute approximate surface area is 81.1 Å². The molecule has 70 valence electrons. The lowest BCUT2D eigenvalue weighted by atomic mass is 10.4. The number of thiazole rings is 1. The summed E-state index contributed by atoms with van der Waals surface area (Å²) >= 11 is 1.49. The fourth-order valence-electron chi connectivity index (χ4n) is 0.896. The zero-order chi connectivity index (χ0) is 9.84. The van der Waals surface area contributed by atoms with Gasteiger partial charge in [0.05, 0.1) is 18.4 Å². The summed E-state index contributed by atoms with van der Waals surface area (Å²) in [5.74, 6) is 0. The molecule has 0 saturated carbocycles. The Morgan fingerprint density at radius 3 is 2.85 bits per heavy atom. The van der Waals surface area contributed by atoms with Crippen LogP contribution in [0.25, 0.3) is 0 Å². The monoisotopic (exact) mass is 197 g/mol. The van der Waals surface area contributed by atoms with Crippen molar-refractivity contribution >= 4 is 16.5 Å². The molecule has 0 radical (unpaired) electrons. The van der Waals surface area contributed by atoms with Gasteiger partial charge in [0.2, 0.25) is 0 Å². The van der Waals surface area contributed by atoms with E-state index in [0.717, 1.165) is 10.0 Å². The molecule has 0 aliphatic carbocycles. The molecule has 1 aromatic heterocycles. The largest absolute Gasteiger partial charge is 0.390 e. The van der Waals surface area contributed by atoms with Crippen LogP contribution in [0.2, 0.25) is 0 Å². The first-order valence-corrected chi connectivity index (χ1v) is 4.66. The highest BCUT2D eigenvalue weighted by atomic mass is 32.1. The summed E-state index contributed by atoms with van der Waals surface area (Å²) in [4.78, 5) is 6.95. The van der Waals surface area contributed by atoms with E-state index in [-0.39, 0.29) is 6.61 Å². The normalized spacial score (nSPS) is 9.69. The second-order valence-electron chi connectivity index (χ2n) is 2.67. The van der Waals surface area contributed by atoms with Gasteiger partial charge in [0, 0.05) is 11.9 Å². The number of nitriles is 1. The van der Waals surface area contributed by atoms with Crippen molar-refractivity contribution in [2.75, 3.05) is 18.5 Å². The van der Waals surface area contributed by atoms with Crippen LogP contribution in [0, 0.1) is 18.3 Å². The van der Waals surface area contributed by atoms with E-state index in [0.29, 0.717) is 12.2 Å². The van der Waals surface area contributed by atoms with Crippen molar-refractivity contribution in [3.63, 3.8) is 0 Å². The molecule has 0 aromatic carbocycles. The highest BCUT2D eigenvalue weighted by molar-refractivity contribution is 7.15. The number of aliphatic hydroxyl groups is 1. The van der Waals surface area contributed by atoms with Gasteiger partial charge in [-0.25, -0.2) is 4.98 Å². The van der Waals surface area contributed by atoms with Crippen molar-refractivity contribution in [2.45, 2.75) is 13.5 Å². The molecule has 0 fully saturated rings. The Hall–Kier alpha value is -1.12. The SMILES string of the molecule is Cc1sc(N(C)CC#N)nc1CO. The molecule has 1 rings (SSSR count). The fourth-order valence-corrected chi connectivity index (χ4v) is 1.77. The van der Waals surface area contributed by atoms with Gasteiger partial charge < -0.3 is 10.0 Å². The van der Waals surface area contributed by atoms with Crippen LogP contribution in [0.4, 0.5) is 5.13 Å². The predicted molar refractivity (Wildman–Crippen MR) is 51.7 cm³/mol. The smallest absolute Gasteiger partial charge is 0.186 e. The standard InChI is InChI=1S/C8H11N3OS/c1-6-7(5-12)10-8(13-6)11(2)4-3-9/h12H,4-5H2,1-2H3.